The van der Waals surface area contributed by atoms with Gasteiger partial charge in [0.1, 0.15) is 11.7 Å². The number of nitriles is 1. The summed E-state index contributed by atoms with van der Waals surface area (Å²) in [6, 6.07) is 9.25. The molecule has 0 saturated carbocycles. The molecular formula is C16H19NO3. The van der Waals surface area contributed by atoms with Gasteiger partial charge in [-0.2, -0.15) is 5.26 Å². The number of hydrogen-bond acceptors (Lipinski definition) is 4. The van der Waals surface area contributed by atoms with Crippen molar-refractivity contribution in [3.8, 4) is 11.8 Å². The summed E-state index contributed by atoms with van der Waals surface area (Å²) in [5.74, 6) is -0.0297. The van der Waals surface area contributed by atoms with Crippen molar-refractivity contribution in [1.29, 1.82) is 5.26 Å². The van der Waals surface area contributed by atoms with Crippen molar-refractivity contribution >= 4 is 5.78 Å². The minimum absolute atomic E-state index is 0.0129. The van der Waals surface area contributed by atoms with E-state index < -0.39 is 5.92 Å². The van der Waals surface area contributed by atoms with E-state index in [2.05, 4.69) is 6.07 Å². The number of carbonyl (C=O) groups excluding carboxylic acids is 1. The maximum Gasteiger partial charge on any atom is 0.157 e. The van der Waals surface area contributed by atoms with E-state index in [0.717, 1.165) is 30.8 Å². The normalized spacial score (nSPS) is 19.3. The zero-order valence-corrected chi connectivity index (χ0v) is 11.7. The molecule has 106 valence electrons. The zero-order chi connectivity index (χ0) is 14.4. The second kappa shape index (κ2) is 7.06. The minimum atomic E-state index is -0.713. The fourth-order valence-corrected chi connectivity index (χ4v) is 2.40. The highest BCUT2D eigenvalue weighted by atomic mass is 16.5. The molecule has 20 heavy (non-hydrogen) atoms. The molecule has 1 aromatic carbocycles. The molecule has 1 fully saturated rings. The number of benzene rings is 1. The van der Waals surface area contributed by atoms with Crippen LogP contribution in [0.1, 0.15) is 37.7 Å². The predicted octanol–water partition coefficient (Wildman–Crippen LogP) is 2.83. The molecule has 0 aliphatic carbocycles. The first-order chi connectivity index (χ1) is 9.74. The number of Topliss-reactive ketones (excluding diaryl/α,β-unsaturated/α-hetero) is 1. The molecule has 1 aliphatic heterocycles. The van der Waals surface area contributed by atoms with Crippen LogP contribution in [0.3, 0.4) is 0 Å². The topological polar surface area (TPSA) is 59.3 Å². The Hall–Kier alpha value is -1.86. The molecule has 2 rings (SSSR count). The number of hydrogen-bond donors (Lipinski definition) is 0. The molecule has 2 atom stereocenters. The number of nitrogens with zero attached hydrogens (tertiary/aromatic N) is 1. The van der Waals surface area contributed by atoms with Gasteiger partial charge in [0.25, 0.3) is 0 Å². The quantitative estimate of drug-likeness (QED) is 0.799. The highest BCUT2D eigenvalue weighted by Gasteiger charge is 2.25. The van der Waals surface area contributed by atoms with Crippen LogP contribution in [0.5, 0.6) is 5.75 Å². The molecule has 1 aromatic rings. The summed E-state index contributed by atoms with van der Waals surface area (Å²) in [4.78, 5) is 12.2. The Morgan fingerprint density at radius 1 is 1.50 bits per heavy atom. The van der Waals surface area contributed by atoms with Crippen LogP contribution in [0, 0.1) is 11.3 Å². The lowest BCUT2D eigenvalue weighted by atomic mass is 9.92. The average molecular weight is 273 g/mol. The Morgan fingerprint density at radius 3 is 2.80 bits per heavy atom. The molecule has 0 aromatic heterocycles. The molecule has 0 radical (unpaired) electrons. The van der Waals surface area contributed by atoms with Gasteiger partial charge >= 0.3 is 0 Å². The monoisotopic (exact) mass is 273 g/mol. The maximum absolute atomic E-state index is 12.2. The third kappa shape index (κ3) is 3.58. The summed E-state index contributed by atoms with van der Waals surface area (Å²) in [6.45, 7) is 3.23. The van der Waals surface area contributed by atoms with Crippen molar-refractivity contribution in [1.82, 2.24) is 0 Å². The van der Waals surface area contributed by atoms with Crippen LogP contribution in [0.25, 0.3) is 0 Å². The van der Waals surface area contributed by atoms with Gasteiger partial charge in [0.05, 0.1) is 18.8 Å². The van der Waals surface area contributed by atoms with Gasteiger partial charge in [-0.15, -0.1) is 0 Å². The van der Waals surface area contributed by atoms with Gasteiger partial charge in [-0.25, -0.2) is 0 Å². The first-order valence-electron chi connectivity index (χ1n) is 7.01. The van der Waals surface area contributed by atoms with E-state index in [4.69, 9.17) is 9.47 Å². The van der Waals surface area contributed by atoms with E-state index in [-0.39, 0.29) is 11.9 Å². The molecule has 4 nitrogen and oxygen atoms in total. The zero-order valence-electron chi connectivity index (χ0n) is 11.7. The lowest BCUT2D eigenvalue weighted by Gasteiger charge is -2.13. The third-order valence-corrected chi connectivity index (χ3v) is 3.43. The first kappa shape index (κ1) is 14.5. The third-order valence-electron chi connectivity index (χ3n) is 3.43. The van der Waals surface area contributed by atoms with Crippen molar-refractivity contribution in [3.05, 3.63) is 29.8 Å². The Balaban J connectivity index is 2.03. The highest BCUT2D eigenvalue weighted by molar-refractivity contribution is 5.88. The SMILES string of the molecule is CCOc1ccc(C(C#N)C(=O)CC2CCCO2)cc1. The molecular weight excluding hydrogens is 254 g/mol. The van der Waals surface area contributed by atoms with Gasteiger partial charge in [-0.05, 0) is 37.5 Å². The van der Waals surface area contributed by atoms with Crippen LogP contribution in [-0.2, 0) is 9.53 Å². The van der Waals surface area contributed by atoms with Crippen molar-refractivity contribution < 1.29 is 14.3 Å². The lowest BCUT2D eigenvalue weighted by Crippen LogP contribution is -2.18. The standard InChI is InChI=1S/C16H19NO3/c1-2-19-13-7-5-12(6-8-13)15(11-17)16(18)10-14-4-3-9-20-14/h5-8,14-15H,2-4,9-10H2,1H3. The first-order valence-corrected chi connectivity index (χ1v) is 7.01. The van der Waals surface area contributed by atoms with Crippen molar-refractivity contribution in [2.75, 3.05) is 13.2 Å². The fourth-order valence-electron chi connectivity index (χ4n) is 2.40. The Morgan fingerprint density at radius 2 is 2.25 bits per heavy atom. The van der Waals surface area contributed by atoms with E-state index in [1.807, 2.05) is 6.92 Å². The molecule has 4 heteroatoms. The Bertz CT molecular complexity index is 483. The van der Waals surface area contributed by atoms with Gasteiger partial charge in [-0.1, -0.05) is 12.1 Å². The van der Waals surface area contributed by atoms with Crippen LogP contribution in [0.15, 0.2) is 24.3 Å². The molecule has 0 spiro atoms. The largest absolute Gasteiger partial charge is 0.494 e. The van der Waals surface area contributed by atoms with Crippen LogP contribution < -0.4 is 4.74 Å². The molecule has 2 unspecified atom stereocenters. The molecule has 0 N–H and O–H groups in total. The number of ketones is 1. The van der Waals surface area contributed by atoms with E-state index in [1.165, 1.54) is 0 Å². The van der Waals surface area contributed by atoms with Crippen LogP contribution in [-0.4, -0.2) is 25.1 Å². The summed E-state index contributed by atoms with van der Waals surface area (Å²) < 4.78 is 10.8. The minimum Gasteiger partial charge on any atom is -0.494 e. The Kier molecular flexibility index (Phi) is 5.14. The average Bonchev–Trinajstić information content (AvgIpc) is 2.95. The second-order valence-electron chi connectivity index (χ2n) is 4.87. The number of rotatable bonds is 6. The van der Waals surface area contributed by atoms with Crippen molar-refractivity contribution in [2.24, 2.45) is 0 Å². The van der Waals surface area contributed by atoms with Gasteiger partial charge in [0, 0.05) is 13.0 Å². The van der Waals surface area contributed by atoms with E-state index >= 15 is 0 Å². The predicted molar refractivity (Wildman–Crippen MR) is 74.6 cm³/mol. The molecule has 1 saturated heterocycles. The molecule has 0 amide bonds. The smallest absolute Gasteiger partial charge is 0.157 e. The Labute approximate surface area is 119 Å². The summed E-state index contributed by atoms with van der Waals surface area (Å²) >= 11 is 0. The van der Waals surface area contributed by atoms with Crippen molar-refractivity contribution in [2.45, 2.75) is 38.2 Å². The van der Waals surface area contributed by atoms with Crippen LogP contribution >= 0.6 is 0 Å². The van der Waals surface area contributed by atoms with Gasteiger partial charge in [-0.3, -0.25) is 4.79 Å². The van der Waals surface area contributed by atoms with Crippen molar-refractivity contribution in [3.63, 3.8) is 0 Å². The molecule has 1 aliphatic rings. The number of ether oxygens (including phenoxy) is 2. The summed E-state index contributed by atoms with van der Waals surface area (Å²) in [5.41, 5.74) is 0.721. The van der Waals surface area contributed by atoms with Crippen LogP contribution in [0.4, 0.5) is 0 Å². The lowest BCUT2D eigenvalue weighted by molar-refractivity contribution is -0.121. The van der Waals surface area contributed by atoms with Gasteiger partial charge in [0.2, 0.25) is 0 Å². The maximum atomic E-state index is 12.2. The summed E-state index contributed by atoms with van der Waals surface area (Å²) in [5, 5.41) is 9.25. The fraction of sp³-hybridized carbons (Fsp3) is 0.500. The molecule has 1 heterocycles. The summed E-state index contributed by atoms with van der Waals surface area (Å²) in [7, 11) is 0. The highest BCUT2D eigenvalue weighted by Crippen LogP contribution is 2.24. The summed E-state index contributed by atoms with van der Waals surface area (Å²) in [6.07, 6.45) is 2.22. The van der Waals surface area contributed by atoms with Gasteiger partial charge < -0.3 is 9.47 Å². The van der Waals surface area contributed by atoms with E-state index in [9.17, 15) is 10.1 Å². The van der Waals surface area contributed by atoms with Gasteiger partial charge in [0.15, 0.2) is 5.78 Å². The number of carbonyl (C=O) groups is 1. The molecule has 0 bridgehead atoms. The second-order valence-corrected chi connectivity index (χ2v) is 4.87. The van der Waals surface area contributed by atoms with Crippen LogP contribution in [0.2, 0.25) is 0 Å². The van der Waals surface area contributed by atoms with E-state index in [1.54, 1.807) is 24.3 Å². The van der Waals surface area contributed by atoms with E-state index in [0.29, 0.717) is 13.0 Å².